The first-order valence-electron chi connectivity index (χ1n) is 5.83. The zero-order chi connectivity index (χ0) is 13.8. The van der Waals surface area contributed by atoms with Crippen LogP contribution in [-0.2, 0) is 18.4 Å². The Kier molecular flexibility index (Phi) is 4.34. The van der Waals surface area contributed by atoms with E-state index >= 15 is 0 Å². The van der Waals surface area contributed by atoms with Gasteiger partial charge in [0.1, 0.15) is 6.04 Å². The first-order valence-corrected chi connectivity index (χ1v) is 6.62. The molecule has 1 aromatic carbocycles. The fourth-order valence-corrected chi connectivity index (χ4v) is 2.11. The third-order valence-electron chi connectivity index (χ3n) is 2.78. The Hall–Kier alpha value is -1.66. The number of nitrogens with zero attached hydrogens (tertiary/aromatic N) is 2. The van der Waals surface area contributed by atoms with Gasteiger partial charge in [-0.25, -0.2) is 0 Å². The van der Waals surface area contributed by atoms with Gasteiger partial charge in [0.2, 0.25) is 5.91 Å². The van der Waals surface area contributed by atoms with E-state index in [4.69, 9.17) is 5.73 Å². The highest BCUT2D eigenvalue weighted by Crippen LogP contribution is 2.16. The van der Waals surface area contributed by atoms with Crippen LogP contribution >= 0.6 is 15.9 Å². The van der Waals surface area contributed by atoms with Crippen molar-refractivity contribution in [3.05, 3.63) is 52.3 Å². The maximum Gasteiger partial charge on any atom is 0.241 e. The van der Waals surface area contributed by atoms with E-state index < -0.39 is 6.04 Å². The van der Waals surface area contributed by atoms with Crippen molar-refractivity contribution in [1.29, 1.82) is 0 Å². The molecule has 100 valence electrons. The van der Waals surface area contributed by atoms with E-state index in [1.165, 1.54) is 0 Å². The van der Waals surface area contributed by atoms with E-state index in [0.717, 1.165) is 10.0 Å². The van der Waals surface area contributed by atoms with Gasteiger partial charge < -0.3 is 11.1 Å². The highest BCUT2D eigenvalue weighted by Gasteiger charge is 2.17. The number of rotatable bonds is 4. The van der Waals surface area contributed by atoms with Crippen LogP contribution in [0.15, 0.2) is 41.1 Å². The van der Waals surface area contributed by atoms with Crippen LogP contribution in [0.5, 0.6) is 0 Å². The van der Waals surface area contributed by atoms with Crippen molar-refractivity contribution in [3.63, 3.8) is 0 Å². The third-order valence-corrected chi connectivity index (χ3v) is 3.55. The number of nitrogens with one attached hydrogen (secondary N) is 1. The monoisotopic (exact) mass is 322 g/mol. The molecule has 0 saturated carbocycles. The summed E-state index contributed by atoms with van der Waals surface area (Å²) >= 11 is 3.44. The van der Waals surface area contributed by atoms with E-state index in [1.807, 2.05) is 24.3 Å². The quantitative estimate of drug-likeness (QED) is 0.895. The van der Waals surface area contributed by atoms with E-state index in [-0.39, 0.29) is 5.91 Å². The number of aromatic nitrogens is 2. The highest BCUT2D eigenvalue weighted by atomic mass is 79.9. The zero-order valence-electron chi connectivity index (χ0n) is 10.5. The van der Waals surface area contributed by atoms with Crippen molar-refractivity contribution in [2.24, 2.45) is 12.8 Å². The lowest BCUT2D eigenvalue weighted by Crippen LogP contribution is -2.33. The summed E-state index contributed by atoms with van der Waals surface area (Å²) in [4.78, 5) is 11.9. The second-order valence-corrected chi connectivity index (χ2v) is 5.09. The Labute approximate surface area is 119 Å². The predicted octanol–water partition coefficient (Wildman–Crippen LogP) is 1.50. The van der Waals surface area contributed by atoms with Gasteiger partial charge in [0, 0.05) is 29.8 Å². The molecule has 5 nitrogen and oxygen atoms in total. The minimum Gasteiger partial charge on any atom is -0.350 e. The van der Waals surface area contributed by atoms with Gasteiger partial charge in [0.25, 0.3) is 0 Å². The lowest BCUT2D eigenvalue weighted by Gasteiger charge is -2.11. The van der Waals surface area contributed by atoms with Crippen molar-refractivity contribution in [2.75, 3.05) is 0 Å². The average molecular weight is 323 g/mol. The summed E-state index contributed by atoms with van der Waals surface area (Å²) in [5, 5.41) is 6.82. The fourth-order valence-electron chi connectivity index (χ4n) is 1.69. The lowest BCUT2D eigenvalue weighted by molar-refractivity contribution is -0.122. The van der Waals surface area contributed by atoms with E-state index in [0.29, 0.717) is 12.1 Å². The van der Waals surface area contributed by atoms with Crippen LogP contribution in [0.25, 0.3) is 0 Å². The number of carbonyl (C=O) groups is 1. The minimum absolute atomic E-state index is 0.219. The molecule has 1 amide bonds. The van der Waals surface area contributed by atoms with Gasteiger partial charge in [0.05, 0.1) is 6.20 Å². The standard InChI is InChI=1S/C13H15BrN4O/c1-18-8-10(7-17-18)12(15)13(19)16-6-9-4-2-3-5-11(9)14/h2-5,7-8,12H,6,15H2,1H3,(H,16,19). The molecule has 1 atom stereocenters. The summed E-state index contributed by atoms with van der Waals surface area (Å²) in [6.07, 6.45) is 3.34. The number of nitrogens with two attached hydrogens (primary N) is 1. The first-order chi connectivity index (χ1) is 9.08. The Morgan fingerprint density at radius 2 is 2.26 bits per heavy atom. The van der Waals surface area contributed by atoms with Crippen molar-refractivity contribution >= 4 is 21.8 Å². The molecular weight excluding hydrogens is 308 g/mol. The normalized spacial score (nSPS) is 12.2. The molecule has 0 fully saturated rings. The summed E-state index contributed by atoms with van der Waals surface area (Å²) in [6.45, 7) is 0.439. The van der Waals surface area contributed by atoms with Gasteiger partial charge in [0.15, 0.2) is 0 Å². The molecule has 0 aliphatic carbocycles. The van der Waals surface area contributed by atoms with Crippen LogP contribution in [0.4, 0.5) is 0 Å². The number of hydrogen-bond acceptors (Lipinski definition) is 3. The molecule has 0 aliphatic heterocycles. The lowest BCUT2D eigenvalue weighted by atomic mass is 10.1. The summed E-state index contributed by atoms with van der Waals surface area (Å²) in [7, 11) is 1.79. The largest absolute Gasteiger partial charge is 0.350 e. The van der Waals surface area contributed by atoms with Crippen molar-refractivity contribution < 1.29 is 4.79 Å². The molecule has 3 N–H and O–H groups in total. The molecule has 2 aromatic rings. The average Bonchev–Trinajstić information content (AvgIpc) is 2.83. The van der Waals surface area contributed by atoms with Crippen LogP contribution < -0.4 is 11.1 Å². The minimum atomic E-state index is -0.698. The fraction of sp³-hybridized carbons (Fsp3) is 0.231. The molecule has 1 heterocycles. The number of aryl methyl sites for hydroxylation is 1. The molecular formula is C13H15BrN4O. The third kappa shape index (κ3) is 3.42. The molecule has 1 unspecified atom stereocenters. The second kappa shape index (κ2) is 5.99. The van der Waals surface area contributed by atoms with Crippen molar-refractivity contribution in [1.82, 2.24) is 15.1 Å². The Balaban J connectivity index is 1.96. The molecule has 0 bridgehead atoms. The van der Waals surface area contributed by atoms with Crippen LogP contribution in [-0.4, -0.2) is 15.7 Å². The van der Waals surface area contributed by atoms with E-state index in [2.05, 4.69) is 26.3 Å². The molecule has 0 aliphatic rings. The molecule has 19 heavy (non-hydrogen) atoms. The molecule has 2 rings (SSSR count). The molecule has 1 aromatic heterocycles. The number of halogens is 1. The summed E-state index contributed by atoms with van der Waals surface area (Å²) in [5.74, 6) is -0.219. The summed E-state index contributed by atoms with van der Waals surface area (Å²) in [5.41, 5.74) is 7.59. The number of carbonyl (C=O) groups excluding carboxylic acids is 1. The van der Waals surface area contributed by atoms with Gasteiger partial charge in [-0.15, -0.1) is 0 Å². The van der Waals surface area contributed by atoms with Crippen LogP contribution in [0, 0.1) is 0 Å². The maximum atomic E-state index is 11.9. The van der Waals surface area contributed by atoms with Crippen molar-refractivity contribution in [2.45, 2.75) is 12.6 Å². The van der Waals surface area contributed by atoms with Crippen LogP contribution in [0.1, 0.15) is 17.2 Å². The highest BCUT2D eigenvalue weighted by molar-refractivity contribution is 9.10. The number of hydrogen-bond donors (Lipinski definition) is 2. The molecule has 6 heteroatoms. The van der Waals surface area contributed by atoms with Crippen LogP contribution in [0.3, 0.4) is 0 Å². The Bertz CT molecular complexity index is 582. The van der Waals surface area contributed by atoms with Gasteiger partial charge in [-0.2, -0.15) is 5.10 Å². The maximum absolute atomic E-state index is 11.9. The summed E-state index contributed by atoms with van der Waals surface area (Å²) in [6, 6.07) is 7.03. The van der Waals surface area contributed by atoms with Gasteiger partial charge in [-0.3, -0.25) is 9.48 Å². The smallest absolute Gasteiger partial charge is 0.241 e. The molecule has 0 saturated heterocycles. The summed E-state index contributed by atoms with van der Waals surface area (Å²) < 4.78 is 2.58. The Morgan fingerprint density at radius 3 is 2.89 bits per heavy atom. The SMILES string of the molecule is Cn1cc(C(N)C(=O)NCc2ccccc2Br)cn1. The van der Waals surface area contributed by atoms with E-state index in [9.17, 15) is 4.79 Å². The van der Waals surface area contributed by atoms with Gasteiger partial charge in [-0.1, -0.05) is 34.1 Å². The Morgan fingerprint density at radius 1 is 1.53 bits per heavy atom. The topological polar surface area (TPSA) is 72.9 Å². The van der Waals surface area contributed by atoms with Crippen molar-refractivity contribution in [3.8, 4) is 0 Å². The number of amides is 1. The van der Waals surface area contributed by atoms with E-state index in [1.54, 1.807) is 24.1 Å². The van der Waals surface area contributed by atoms with Gasteiger partial charge >= 0.3 is 0 Å². The predicted molar refractivity (Wildman–Crippen MR) is 76.1 cm³/mol. The second-order valence-electron chi connectivity index (χ2n) is 4.23. The van der Waals surface area contributed by atoms with Gasteiger partial charge in [-0.05, 0) is 11.6 Å². The molecule has 0 radical (unpaired) electrons. The number of benzene rings is 1. The molecule has 0 spiro atoms. The first kappa shape index (κ1) is 13.8. The van der Waals surface area contributed by atoms with Crippen LogP contribution in [0.2, 0.25) is 0 Å². The zero-order valence-corrected chi connectivity index (χ0v) is 12.1.